The van der Waals surface area contributed by atoms with Crippen molar-refractivity contribution in [2.45, 2.75) is 88.7 Å². The number of benzene rings is 2. The Bertz CT molecular complexity index is 1680. The molecule has 2 aliphatic rings. The lowest BCUT2D eigenvalue weighted by Gasteiger charge is -2.40. The monoisotopic (exact) mass is 674 g/mol. The minimum absolute atomic E-state index is 0.0105. The van der Waals surface area contributed by atoms with Crippen LogP contribution in [0.2, 0.25) is 0 Å². The number of fused-ring (bicyclic) bond motifs is 1. The molecule has 8 N–H and O–H groups in total. The van der Waals surface area contributed by atoms with Crippen molar-refractivity contribution in [2.24, 2.45) is 5.92 Å². The van der Waals surface area contributed by atoms with Gasteiger partial charge in [0, 0.05) is 29.7 Å². The SMILES string of the molecule is COc1ccc(-c2oc3c(CC=C(C)C)c(OC4CC(CO)C(O)C(O)C4O)cc(O)c3c(=O)c2OC2OC(C)C(O)C(O)C2O)cc1. The third-order valence-electron chi connectivity index (χ3n) is 8.89. The number of hydrogen-bond donors (Lipinski definition) is 8. The van der Waals surface area contributed by atoms with Gasteiger partial charge < -0.3 is 64.2 Å². The molecule has 0 bridgehead atoms. The first-order valence-electron chi connectivity index (χ1n) is 15.6. The third-order valence-corrected chi connectivity index (χ3v) is 8.89. The van der Waals surface area contributed by atoms with E-state index >= 15 is 0 Å². The molecule has 0 radical (unpaired) electrons. The zero-order valence-electron chi connectivity index (χ0n) is 26.9. The lowest BCUT2D eigenvalue weighted by Crippen LogP contribution is -2.58. The summed E-state index contributed by atoms with van der Waals surface area (Å²) in [6.07, 6.45) is -11.2. The summed E-state index contributed by atoms with van der Waals surface area (Å²) in [5.41, 5.74) is 0.564. The van der Waals surface area contributed by atoms with Crippen LogP contribution in [-0.4, -0.2) is 110 Å². The smallest absolute Gasteiger partial charge is 0.239 e. The van der Waals surface area contributed by atoms with Crippen LogP contribution in [0.25, 0.3) is 22.3 Å². The number of aromatic hydroxyl groups is 1. The topological polar surface area (TPSA) is 229 Å². The molecule has 0 spiro atoms. The van der Waals surface area contributed by atoms with Crippen molar-refractivity contribution in [1.29, 1.82) is 0 Å². The fraction of sp³-hybridized carbons (Fsp3) is 0.500. The Kier molecular flexibility index (Phi) is 10.7. The quantitative estimate of drug-likeness (QED) is 0.146. The molecule has 5 rings (SSSR count). The third kappa shape index (κ3) is 6.75. The minimum atomic E-state index is -1.76. The molecule has 10 atom stereocenters. The molecule has 1 aliphatic heterocycles. The molecule has 0 amide bonds. The second kappa shape index (κ2) is 14.4. The summed E-state index contributed by atoms with van der Waals surface area (Å²) >= 11 is 0. The van der Waals surface area contributed by atoms with Crippen molar-refractivity contribution in [3.8, 4) is 34.3 Å². The molecule has 2 fully saturated rings. The van der Waals surface area contributed by atoms with E-state index in [9.17, 15) is 45.6 Å². The second-order valence-corrected chi connectivity index (χ2v) is 12.5. The van der Waals surface area contributed by atoms with Crippen molar-refractivity contribution in [3.63, 3.8) is 0 Å². The van der Waals surface area contributed by atoms with Crippen LogP contribution in [0.4, 0.5) is 0 Å². The van der Waals surface area contributed by atoms with Gasteiger partial charge >= 0.3 is 0 Å². The molecular formula is C34H42O14. The van der Waals surface area contributed by atoms with Crippen molar-refractivity contribution < 1.29 is 64.2 Å². The van der Waals surface area contributed by atoms with Crippen LogP contribution < -0.4 is 19.6 Å². The second-order valence-electron chi connectivity index (χ2n) is 12.5. The fourth-order valence-corrected chi connectivity index (χ4v) is 5.97. The number of rotatable bonds is 9. The van der Waals surface area contributed by atoms with Crippen molar-refractivity contribution in [3.05, 3.63) is 57.8 Å². The van der Waals surface area contributed by atoms with Crippen molar-refractivity contribution >= 4 is 11.0 Å². The van der Waals surface area contributed by atoms with Gasteiger partial charge in [0.05, 0.1) is 19.3 Å². The molecule has 1 aromatic heterocycles. The van der Waals surface area contributed by atoms with E-state index in [2.05, 4.69) is 0 Å². The van der Waals surface area contributed by atoms with Crippen LogP contribution >= 0.6 is 0 Å². The van der Waals surface area contributed by atoms with Gasteiger partial charge in [0.25, 0.3) is 0 Å². The maximum absolute atomic E-state index is 14.3. The van der Waals surface area contributed by atoms with Gasteiger partial charge in [-0.3, -0.25) is 4.79 Å². The molecule has 1 saturated heterocycles. The van der Waals surface area contributed by atoms with Crippen LogP contribution in [0, 0.1) is 5.92 Å². The maximum atomic E-state index is 14.3. The highest BCUT2D eigenvalue weighted by Crippen LogP contribution is 2.42. The Morgan fingerprint density at radius 3 is 2.23 bits per heavy atom. The highest BCUT2D eigenvalue weighted by atomic mass is 16.7. The summed E-state index contributed by atoms with van der Waals surface area (Å²) in [7, 11) is 1.48. The van der Waals surface area contributed by atoms with Crippen LogP contribution in [0.3, 0.4) is 0 Å². The van der Waals surface area contributed by atoms with E-state index in [1.165, 1.54) is 14.0 Å². The van der Waals surface area contributed by atoms with E-state index < -0.39 is 84.6 Å². The van der Waals surface area contributed by atoms with E-state index in [0.717, 1.165) is 11.6 Å². The van der Waals surface area contributed by atoms with Crippen LogP contribution in [-0.2, 0) is 11.2 Å². The zero-order valence-corrected chi connectivity index (χ0v) is 26.9. The lowest BCUT2D eigenvalue weighted by molar-refractivity contribution is -0.268. The van der Waals surface area contributed by atoms with Gasteiger partial charge in [-0.05, 0) is 57.9 Å². The summed E-state index contributed by atoms with van der Waals surface area (Å²) in [6, 6.07) is 7.56. The predicted molar refractivity (Wildman–Crippen MR) is 170 cm³/mol. The Morgan fingerprint density at radius 1 is 0.938 bits per heavy atom. The number of aliphatic hydroxyl groups excluding tert-OH is 7. The molecule has 2 aromatic carbocycles. The van der Waals surface area contributed by atoms with Crippen LogP contribution in [0.1, 0.15) is 32.8 Å². The van der Waals surface area contributed by atoms with Gasteiger partial charge in [-0.25, -0.2) is 0 Å². The highest BCUT2D eigenvalue weighted by molar-refractivity contribution is 5.91. The summed E-state index contributed by atoms with van der Waals surface area (Å²) in [5, 5.41) is 83.5. The molecule has 14 nitrogen and oxygen atoms in total. The summed E-state index contributed by atoms with van der Waals surface area (Å²) in [5.74, 6) is -1.47. The van der Waals surface area contributed by atoms with E-state index in [1.807, 2.05) is 19.9 Å². The maximum Gasteiger partial charge on any atom is 0.239 e. The van der Waals surface area contributed by atoms with Crippen molar-refractivity contribution in [1.82, 2.24) is 0 Å². The first kappa shape index (κ1) is 35.6. The van der Waals surface area contributed by atoms with Gasteiger partial charge in [-0.2, -0.15) is 0 Å². The number of hydrogen-bond acceptors (Lipinski definition) is 14. The van der Waals surface area contributed by atoms with Gasteiger partial charge in [-0.15, -0.1) is 0 Å². The zero-order chi connectivity index (χ0) is 35.0. The average Bonchev–Trinajstić information content (AvgIpc) is 3.06. The number of methoxy groups -OCH3 is 1. The Labute approximate surface area is 275 Å². The number of phenols is 1. The average molecular weight is 675 g/mol. The number of phenolic OH excluding ortho intramolecular Hbond substituents is 1. The predicted octanol–water partition coefficient (Wildman–Crippen LogP) is 0.731. The summed E-state index contributed by atoms with van der Waals surface area (Å²) in [6.45, 7) is 4.68. The molecule has 3 aromatic rings. The molecule has 10 unspecified atom stereocenters. The largest absolute Gasteiger partial charge is 0.507 e. The van der Waals surface area contributed by atoms with Gasteiger partial charge in [0.15, 0.2) is 5.76 Å². The van der Waals surface area contributed by atoms with Crippen LogP contribution in [0.15, 0.2) is 51.2 Å². The summed E-state index contributed by atoms with van der Waals surface area (Å²) in [4.78, 5) is 14.3. The molecule has 2 heterocycles. The molecular weight excluding hydrogens is 632 g/mol. The number of allylic oxidation sites excluding steroid dienone is 2. The first-order valence-corrected chi connectivity index (χ1v) is 15.6. The normalized spacial score (nSPS) is 30.6. The first-order chi connectivity index (χ1) is 22.8. The molecule has 14 heteroatoms. The summed E-state index contributed by atoms with van der Waals surface area (Å²) < 4.78 is 29.3. The number of ether oxygens (including phenoxy) is 4. The Balaban J connectivity index is 1.71. The van der Waals surface area contributed by atoms with E-state index in [0.29, 0.717) is 11.3 Å². The standard InChI is InChI=1S/C34H42O14/c1-14(2)5-10-19-21(46-22-11-17(13-35)25(38)29(42)26(22)39)12-20(36)23-27(40)33(48-34-30(43)28(41)24(37)15(3)45-34)31(47-32(19)23)16-6-8-18(44-4)9-7-16/h5-9,12,15,17,22,24-26,28-30,34-39,41-43H,10-11,13H2,1-4H3. The Hall–Kier alpha value is -3.73. The highest BCUT2D eigenvalue weighted by Gasteiger charge is 2.45. The van der Waals surface area contributed by atoms with Gasteiger partial charge in [0.1, 0.15) is 64.8 Å². The molecule has 1 aliphatic carbocycles. The van der Waals surface area contributed by atoms with Crippen LogP contribution in [0.5, 0.6) is 23.0 Å². The van der Waals surface area contributed by atoms with Gasteiger partial charge in [0.2, 0.25) is 17.5 Å². The van der Waals surface area contributed by atoms with E-state index in [1.54, 1.807) is 24.3 Å². The molecule has 1 saturated carbocycles. The van der Waals surface area contributed by atoms with Gasteiger partial charge in [-0.1, -0.05) is 11.6 Å². The lowest BCUT2D eigenvalue weighted by atomic mass is 9.81. The fourth-order valence-electron chi connectivity index (χ4n) is 5.97. The van der Waals surface area contributed by atoms with E-state index in [4.69, 9.17) is 23.4 Å². The van der Waals surface area contributed by atoms with E-state index in [-0.39, 0.29) is 40.9 Å². The Morgan fingerprint density at radius 2 is 1.60 bits per heavy atom. The number of aliphatic hydroxyl groups is 7. The molecule has 48 heavy (non-hydrogen) atoms. The minimum Gasteiger partial charge on any atom is -0.507 e. The van der Waals surface area contributed by atoms with Crippen molar-refractivity contribution in [2.75, 3.05) is 13.7 Å². The molecule has 262 valence electrons.